The summed E-state index contributed by atoms with van der Waals surface area (Å²) >= 11 is 0. The van der Waals surface area contributed by atoms with E-state index in [2.05, 4.69) is 0 Å². The van der Waals surface area contributed by atoms with Gasteiger partial charge in [-0.25, -0.2) is 4.79 Å². The molecule has 0 heterocycles. The molecular formula is C20H22O5. The Hall–Kier alpha value is -2.95. The fraction of sp³-hybridized carbons (Fsp3) is 0.250. The van der Waals surface area contributed by atoms with Crippen molar-refractivity contribution in [2.24, 2.45) is 0 Å². The predicted molar refractivity (Wildman–Crippen MR) is 97.1 cm³/mol. The number of carboxylic acid groups (broad SMARTS) is 1. The molecule has 0 spiro atoms. The van der Waals surface area contributed by atoms with Crippen molar-refractivity contribution in [3.63, 3.8) is 0 Å². The second kappa shape index (κ2) is 7.75. The van der Waals surface area contributed by atoms with Gasteiger partial charge in [0.25, 0.3) is 0 Å². The lowest BCUT2D eigenvalue weighted by molar-refractivity contribution is 0.0693. The zero-order valence-electron chi connectivity index (χ0n) is 14.2. The van der Waals surface area contributed by atoms with Crippen molar-refractivity contribution in [1.29, 1.82) is 0 Å². The lowest BCUT2D eigenvalue weighted by atomic mass is 9.88. The molecule has 2 aromatic carbocycles. The van der Waals surface area contributed by atoms with E-state index in [1.807, 2.05) is 13.8 Å². The number of phenols is 3. The van der Waals surface area contributed by atoms with Gasteiger partial charge in [0, 0.05) is 5.56 Å². The third-order valence-electron chi connectivity index (χ3n) is 4.30. The number of carboxylic acids is 1. The molecule has 0 saturated heterocycles. The molecule has 0 aromatic heterocycles. The van der Waals surface area contributed by atoms with Crippen LogP contribution >= 0.6 is 0 Å². The summed E-state index contributed by atoms with van der Waals surface area (Å²) in [5.74, 6) is -1.73. The first kappa shape index (κ1) is 18.4. The van der Waals surface area contributed by atoms with Crippen molar-refractivity contribution >= 4 is 18.1 Å². The van der Waals surface area contributed by atoms with Crippen molar-refractivity contribution in [2.45, 2.75) is 32.6 Å². The zero-order chi connectivity index (χ0) is 18.6. The van der Waals surface area contributed by atoms with E-state index in [0.717, 1.165) is 5.56 Å². The molecule has 25 heavy (non-hydrogen) atoms. The van der Waals surface area contributed by atoms with Crippen LogP contribution in [0.4, 0.5) is 0 Å². The molecule has 5 nitrogen and oxygen atoms in total. The number of carbonyl (C=O) groups is 1. The Morgan fingerprint density at radius 3 is 2.16 bits per heavy atom. The fourth-order valence-electron chi connectivity index (χ4n) is 2.92. The van der Waals surface area contributed by atoms with Crippen molar-refractivity contribution in [3.8, 4) is 17.2 Å². The molecule has 2 rings (SSSR count). The Morgan fingerprint density at radius 1 is 1.04 bits per heavy atom. The topological polar surface area (TPSA) is 98.0 Å². The molecule has 0 aliphatic heterocycles. The average molecular weight is 342 g/mol. The van der Waals surface area contributed by atoms with Gasteiger partial charge in [0.05, 0.1) is 0 Å². The van der Waals surface area contributed by atoms with Gasteiger partial charge in [0.1, 0.15) is 22.8 Å². The molecule has 0 saturated carbocycles. The summed E-state index contributed by atoms with van der Waals surface area (Å²) in [7, 11) is 0. The normalized spacial score (nSPS) is 11.3. The van der Waals surface area contributed by atoms with E-state index in [4.69, 9.17) is 0 Å². The van der Waals surface area contributed by atoms with Crippen LogP contribution in [0.15, 0.2) is 30.3 Å². The van der Waals surface area contributed by atoms with Crippen LogP contribution in [0, 0.1) is 0 Å². The molecule has 2 aromatic rings. The van der Waals surface area contributed by atoms with Gasteiger partial charge < -0.3 is 20.4 Å². The van der Waals surface area contributed by atoms with Crippen molar-refractivity contribution in [1.82, 2.24) is 0 Å². The quantitative estimate of drug-likeness (QED) is 0.576. The first-order valence-electron chi connectivity index (χ1n) is 8.18. The van der Waals surface area contributed by atoms with E-state index < -0.39 is 5.97 Å². The van der Waals surface area contributed by atoms with Crippen LogP contribution in [-0.4, -0.2) is 26.4 Å². The summed E-state index contributed by atoms with van der Waals surface area (Å²) < 4.78 is 0. The smallest absolute Gasteiger partial charge is 0.340 e. The second-order valence-corrected chi connectivity index (χ2v) is 5.87. The maximum absolute atomic E-state index is 11.7. The van der Waals surface area contributed by atoms with Gasteiger partial charge in [-0.3, -0.25) is 0 Å². The molecule has 0 unspecified atom stereocenters. The molecule has 0 aliphatic rings. The predicted octanol–water partition coefficient (Wildman–Crippen LogP) is 4.58. The standard InChI is InChI=1S/C20H22O5/c1-3-13(4-2)17-16(22)11-14(18(19(17)23)20(24)25)8-5-12-6-9-15(21)10-7-12/h5-11,13,21-23H,3-4H2,1-2H3,(H,24,25)/b8-5+. The van der Waals surface area contributed by atoms with Crippen LogP contribution in [0.25, 0.3) is 12.2 Å². The minimum atomic E-state index is -1.25. The number of aromatic carboxylic acids is 1. The third-order valence-corrected chi connectivity index (χ3v) is 4.30. The van der Waals surface area contributed by atoms with Gasteiger partial charge in [-0.1, -0.05) is 38.1 Å². The second-order valence-electron chi connectivity index (χ2n) is 5.87. The Labute approximate surface area is 146 Å². The van der Waals surface area contributed by atoms with Gasteiger partial charge in [-0.2, -0.15) is 0 Å². The lowest BCUT2D eigenvalue weighted by Gasteiger charge is -2.19. The monoisotopic (exact) mass is 342 g/mol. The Balaban J connectivity index is 2.54. The van der Waals surface area contributed by atoms with Gasteiger partial charge in [-0.15, -0.1) is 0 Å². The van der Waals surface area contributed by atoms with E-state index >= 15 is 0 Å². The lowest BCUT2D eigenvalue weighted by Crippen LogP contribution is -2.05. The molecule has 0 fully saturated rings. The summed E-state index contributed by atoms with van der Waals surface area (Å²) in [5.41, 5.74) is 1.02. The molecule has 0 radical (unpaired) electrons. The van der Waals surface area contributed by atoms with E-state index in [1.54, 1.807) is 18.2 Å². The molecule has 0 bridgehead atoms. The minimum Gasteiger partial charge on any atom is -0.508 e. The van der Waals surface area contributed by atoms with Crippen molar-refractivity contribution in [2.75, 3.05) is 0 Å². The van der Waals surface area contributed by atoms with Crippen LogP contribution in [0.2, 0.25) is 0 Å². The molecule has 0 atom stereocenters. The number of hydrogen-bond acceptors (Lipinski definition) is 4. The molecule has 4 N–H and O–H groups in total. The number of hydrogen-bond donors (Lipinski definition) is 4. The van der Waals surface area contributed by atoms with E-state index in [0.29, 0.717) is 12.8 Å². The van der Waals surface area contributed by atoms with Crippen LogP contribution in [0.5, 0.6) is 17.2 Å². The van der Waals surface area contributed by atoms with Crippen LogP contribution < -0.4 is 0 Å². The van der Waals surface area contributed by atoms with Crippen molar-refractivity contribution < 1.29 is 25.2 Å². The maximum atomic E-state index is 11.7. The Morgan fingerprint density at radius 2 is 1.64 bits per heavy atom. The van der Waals surface area contributed by atoms with Crippen molar-refractivity contribution in [3.05, 3.63) is 52.6 Å². The highest BCUT2D eigenvalue weighted by Crippen LogP contribution is 2.42. The Kier molecular flexibility index (Phi) is 5.70. The van der Waals surface area contributed by atoms with Gasteiger partial charge in [-0.05, 0) is 48.1 Å². The van der Waals surface area contributed by atoms with Gasteiger partial charge in [0.15, 0.2) is 0 Å². The van der Waals surface area contributed by atoms with Crippen LogP contribution in [0.3, 0.4) is 0 Å². The zero-order valence-corrected chi connectivity index (χ0v) is 14.2. The highest BCUT2D eigenvalue weighted by molar-refractivity contribution is 5.97. The molecular weight excluding hydrogens is 320 g/mol. The number of aromatic hydroxyl groups is 3. The highest BCUT2D eigenvalue weighted by Gasteiger charge is 2.25. The summed E-state index contributed by atoms with van der Waals surface area (Å²) in [6.07, 6.45) is 4.53. The third kappa shape index (κ3) is 3.94. The Bertz CT molecular complexity index is 787. The number of benzene rings is 2. The minimum absolute atomic E-state index is 0.110. The maximum Gasteiger partial charge on any atom is 0.340 e. The molecule has 0 aliphatic carbocycles. The number of rotatable bonds is 6. The highest BCUT2D eigenvalue weighted by atomic mass is 16.4. The summed E-state index contributed by atoms with van der Waals surface area (Å²) in [6.45, 7) is 3.85. The van der Waals surface area contributed by atoms with Crippen LogP contribution in [0.1, 0.15) is 59.7 Å². The van der Waals surface area contributed by atoms with Gasteiger partial charge >= 0.3 is 5.97 Å². The average Bonchev–Trinajstić information content (AvgIpc) is 2.57. The summed E-state index contributed by atoms with van der Waals surface area (Å²) in [5, 5.41) is 39.6. The largest absolute Gasteiger partial charge is 0.508 e. The van der Waals surface area contributed by atoms with E-state index in [9.17, 15) is 25.2 Å². The first-order chi connectivity index (χ1) is 11.9. The fourth-order valence-corrected chi connectivity index (χ4v) is 2.92. The van der Waals surface area contributed by atoms with E-state index in [-0.39, 0.29) is 39.9 Å². The first-order valence-corrected chi connectivity index (χ1v) is 8.18. The summed E-state index contributed by atoms with van der Waals surface area (Å²) in [4.78, 5) is 11.7. The van der Waals surface area contributed by atoms with Gasteiger partial charge in [0.2, 0.25) is 0 Å². The van der Waals surface area contributed by atoms with Crippen LogP contribution in [-0.2, 0) is 0 Å². The number of phenolic OH excluding ortho intramolecular Hbond substituents is 2. The molecule has 0 amide bonds. The molecule has 132 valence electrons. The SMILES string of the molecule is CCC(CC)c1c(O)cc(/C=C/c2ccc(O)cc2)c(C(=O)O)c1O. The molecule has 5 heteroatoms. The van der Waals surface area contributed by atoms with E-state index in [1.165, 1.54) is 24.3 Å². The summed E-state index contributed by atoms with van der Waals surface area (Å²) in [6, 6.07) is 7.74.